The van der Waals surface area contributed by atoms with E-state index in [1.165, 1.54) is 57.8 Å². The highest BCUT2D eigenvalue weighted by Crippen LogP contribution is 2.06. The Morgan fingerprint density at radius 2 is 1.19 bits per heavy atom. The van der Waals surface area contributed by atoms with E-state index in [1.807, 2.05) is 6.08 Å². The molecule has 0 nitrogen and oxygen atoms in total. The molecule has 0 heterocycles. The van der Waals surface area contributed by atoms with Gasteiger partial charge in [-0.05, 0) is 58.3 Å². The summed E-state index contributed by atoms with van der Waals surface area (Å²) in [5, 5.41) is 0. The third-order valence-corrected chi connectivity index (χ3v) is 2.67. The maximum absolute atomic E-state index is 3.73. The van der Waals surface area contributed by atoms with E-state index in [0.717, 1.165) is 0 Å². The molecule has 0 radical (unpaired) electrons. The fraction of sp³-hybridized carbons (Fsp3) is 0.625. The third kappa shape index (κ3) is 13.2. The second-order valence-corrected chi connectivity index (χ2v) is 4.25. The van der Waals surface area contributed by atoms with Crippen molar-refractivity contribution in [1.82, 2.24) is 0 Å². The molecule has 0 N–H and O–H groups in total. The van der Waals surface area contributed by atoms with Crippen molar-refractivity contribution >= 4 is 0 Å². The Balaban J connectivity index is 3.06. The summed E-state index contributed by atoms with van der Waals surface area (Å²) in [5.41, 5.74) is 0. The summed E-state index contributed by atoms with van der Waals surface area (Å²) in [6.45, 7) is 5.82. The van der Waals surface area contributed by atoms with Crippen molar-refractivity contribution in [1.29, 1.82) is 0 Å². The van der Waals surface area contributed by atoms with Crippen molar-refractivity contribution in [2.24, 2.45) is 0 Å². The molecule has 0 rings (SSSR count). The Morgan fingerprint density at radius 3 is 1.75 bits per heavy atom. The van der Waals surface area contributed by atoms with Gasteiger partial charge in [-0.1, -0.05) is 36.8 Å². The average molecular weight is 220 g/mol. The van der Waals surface area contributed by atoms with Gasteiger partial charge in [-0.25, -0.2) is 0 Å². The van der Waals surface area contributed by atoms with Crippen LogP contribution in [-0.2, 0) is 0 Å². The molecule has 0 fully saturated rings. The fourth-order valence-corrected chi connectivity index (χ4v) is 1.65. The van der Waals surface area contributed by atoms with Gasteiger partial charge in [0.1, 0.15) is 0 Å². The van der Waals surface area contributed by atoms with E-state index in [2.05, 4.69) is 37.8 Å². The quantitative estimate of drug-likeness (QED) is 0.304. The van der Waals surface area contributed by atoms with Crippen molar-refractivity contribution in [3.8, 4) is 0 Å². The maximum atomic E-state index is 3.73. The molecule has 0 aromatic heterocycles. The zero-order chi connectivity index (χ0) is 11.9. The van der Waals surface area contributed by atoms with Crippen LogP contribution in [0.25, 0.3) is 0 Å². The molecule has 0 aromatic carbocycles. The molecule has 0 aliphatic rings. The molecule has 0 saturated heterocycles. The predicted octanol–water partition coefficient (Wildman–Crippen LogP) is 5.82. The Morgan fingerprint density at radius 1 is 0.688 bits per heavy atom. The van der Waals surface area contributed by atoms with E-state index in [-0.39, 0.29) is 0 Å². The minimum absolute atomic E-state index is 1.18. The van der Waals surface area contributed by atoms with Crippen LogP contribution in [0.2, 0.25) is 0 Å². The van der Waals surface area contributed by atoms with Gasteiger partial charge in [0.25, 0.3) is 0 Å². The van der Waals surface area contributed by atoms with Gasteiger partial charge in [-0.3, -0.25) is 0 Å². The molecular weight excluding hydrogens is 192 g/mol. The van der Waals surface area contributed by atoms with E-state index in [1.54, 1.807) is 0 Å². The lowest BCUT2D eigenvalue weighted by molar-refractivity contribution is 0.694. The summed E-state index contributed by atoms with van der Waals surface area (Å²) in [7, 11) is 0. The zero-order valence-corrected chi connectivity index (χ0v) is 11.0. The molecule has 0 atom stereocenters. The highest BCUT2D eigenvalue weighted by atomic mass is 13.9. The first-order chi connectivity index (χ1) is 7.91. The highest BCUT2D eigenvalue weighted by Gasteiger charge is 1.86. The van der Waals surface area contributed by atoms with Crippen LogP contribution in [0.1, 0.15) is 64.7 Å². The van der Waals surface area contributed by atoms with E-state index in [9.17, 15) is 0 Å². The summed E-state index contributed by atoms with van der Waals surface area (Å²) in [4.78, 5) is 0. The molecule has 0 aliphatic heterocycles. The minimum atomic E-state index is 1.18. The second-order valence-electron chi connectivity index (χ2n) is 4.25. The highest BCUT2D eigenvalue weighted by molar-refractivity contribution is 4.82. The minimum Gasteiger partial charge on any atom is -0.103 e. The second kappa shape index (κ2) is 14.2. The number of hydrogen-bond donors (Lipinski definition) is 0. The van der Waals surface area contributed by atoms with Gasteiger partial charge in [0.2, 0.25) is 0 Å². The normalized spacial score (nSPS) is 11.6. The molecule has 0 spiro atoms. The molecule has 0 unspecified atom stereocenters. The summed E-state index contributed by atoms with van der Waals surface area (Å²) < 4.78 is 0. The molecule has 16 heavy (non-hydrogen) atoms. The van der Waals surface area contributed by atoms with Crippen molar-refractivity contribution in [2.75, 3.05) is 0 Å². The molecule has 0 aromatic rings. The summed E-state index contributed by atoms with van der Waals surface area (Å²) in [5.74, 6) is 0. The van der Waals surface area contributed by atoms with Crippen LogP contribution in [0.5, 0.6) is 0 Å². The largest absolute Gasteiger partial charge is 0.103 e. The Bertz CT molecular complexity index is 186. The molecule has 92 valence electrons. The van der Waals surface area contributed by atoms with Gasteiger partial charge in [-0.15, -0.1) is 6.58 Å². The van der Waals surface area contributed by atoms with Crippen LogP contribution in [0.4, 0.5) is 0 Å². The zero-order valence-electron chi connectivity index (χ0n) is 11.0. The fourth-order valence-electron chi connectivity index (χ4n) is 1.65. The van der Waals surface area contributed by atoms with Crippen molar-refractivity contribution in [3.05, 3.63) is 37.0 Å². The first-order valence-electron chi connectivity index (χ1n) is 6.79. The monoisotopic (exact) mass is 220 g/mol. The number of hydrogen-bond acceptors (Lipinski definition) is 0. The lowest BCUT2D eigenvalue weighted by Gasteiger charge is -1.95. The number of unbranched alkanes of at least 4 members (excludes halogenated alkanes) is 7. The average Bonchev–Trinajstić information content (AvgIpc) is 2.31. The van der Waals surface area contributed by atoms with Crippen molar-refractivity contribution < 1.29 is 0 Å². The predicted molar refractivity (Wildman–Crippen MR) is 75.7 cm³/mol. The van der Waals surface area contributed by atoms with Crippen LogP contribution in [0, 0.1) is 0 Å². The first-order valence-corrected chi connectivity index (χ1v) is 6.79. The van der Waals surface area contributed by atoms with Gasteiger partial charge >= 0.3 is 0 Å². The third-order valence-electron chi connectivity index (χ3n) is 2.67. The Labute approximate surface area is 102 Å². The van der Waals surface area contributed by atoms with Crippen molar-refractivity contribution in [2.45, 2.75) is 64.7 Å². The molecule has 0 bridgehead atoms. The molecule has 0 saturated carbocycles. The van der Waals surface area contributed by atoms with Crippen LogP contribution >= 0.6 is 0 Å². The maximum Gasteiger partial charge on any atom is -0.0351 e. The van der Waals surface area contributed by atoms with E-state index in [0.29, 0.717) is 0 Å². The lowest BCUT2D eigenvalue weighted by Crippen LogP contribution is -1.75. The van der Waals surface area contributed by atoms with E-state index >= 15 is 0 Å². The molecule has 0 aliphatic carbocycles. The van der Waals surface area contributed by atoms with Gasteiger partial charge < -0.3 is 0 Å². The van der Waals surface area contributed by atoms with E-state index < -0.39 is 0 Å². The van der Waals surface area contributed by atoms with Crippen LogP contribution in [0.3, 0.4) is 0 Å². The Kier molecular flexibility index (Phi) is 13.5. The van der Waals surface area contributed by atoms with Crippen LogP contribution in [0.15, 0.2) is 37.0 Å². The van der Waals surface area contributed by atoms with Crippen molar-refractivity contribution in [3.63, 3.8) is 0 Å². The number of rotatable bonds is 11. The molecular formula is C16H28. The van der Waals surface area contributed by atoms with Gasteiger partial charge in [0.15, 0.2) is 0 Å². The van der Waals surface area contributed by atoms with Gasteiger partial charge in [0.05, 0.1) is 0 Å². The van der Waals surface area contributed by atoms with Crippen LogP contribution < -0.4 is 0 Å². The molecule has 0 amide bonds. The smallest absolute Gasteiger partial charge is 0.0351 e. The topological polar surface area (TPSA) is 0 Å². The summed E-state index contributed by atoms with van der Waals surface area (Å²) in [6.07, 6.45) is 22.7. The number of allylic oxidation sites excluding steroid dienone is 5. The first kappa shape index (κ1) is 15.2. The van der Waals surface area contributed by atoms with E-state index in [4.69, 9.17) is 0 Å². The SMILES string of the molecule is C=CCCCCCC=CCCCCC=CC. The van der Waals surface area contributed by atoms with Gasteiger partial charge in [-0.2, -0.15) is 0 Å². The lowest BCUT2D eigenvalue weighted by atomic mass is 10.1. The summed E-state index contributed by atoms with van der Waals surface area (Å²) >= 11 is 0. The summed E-state index contributed by atoms with van der Waals surface area (Å²) in [6, 6.07) is 0. The molecule has 0 heteroatoms. The van der Waals surface area contributed by atoms with Crippen LogP contribution in [-0.4, -0.2) is 0 Å². The standard InChI is InChI=1S/C16H28/c1-3-5-7-9-11-13-15-16-14-12-10-8-6-4-2/h3-4,6,15-16H,1,5,7-14H2,2H3. The Hall–Kier alpha value is -0.780. The van der Waals surface area contributed by atoms with Gasteiger partial charge in [0, 0.05) is 0 Å².